The van der Waals surface area contributed by atoms with Crippen LogP contribution in [0.25, 0.3) is 0 Å². The predicted octanol–water partition coefficient (Wildman–Crippen LogP) is 0.824. The van der Waals surface area contributed by atoms with Crippen molar-refractivity contribution in [1.29, 1.82) is 0 Å². The Balaban J connectivity index is 2.17. The molecular formula is C9H9FN2O. The molecule has 0 bridgehead atoms. The third-order valence-electron chi connectivity index (χ3n) is 2.20. The first-order valence-corrected chi connectivity index (χ1v) is 4.14. The van der Waals surface area contributed by atoms with E-state index in [1.54, 1.807) is 6.07 Å². The topological polar surface area (TPSA) is 42.0 Å². The number of nitrogens with one attached hydrogen (secondary N) is 1. The third-order valence-corrected chi connectivity index (χ3v) is 2.20. The van der Waals surface area contributed by atoms with E-state index in [4.69, 9.17) is 0 Å². The van der Waals surface area contributed by atoms with Crippen LogP contribution in [0.3, 0.4) is 0 Å². The molecule has 13 heavy (non-hydrogen) atoms. The van der Waals surface area contributed by atoms with Gasteiger partial charge in [-0.05, 0) is 11.6 Å². The van der Waals surface area contributed by atoms with E-state index in [0.717, 1.165) is 5.56 Å². The zero-order valence-corrected chi connectivity index (χ0v) is 6.96. The molecule has 1 saturated heterocycles. The number of nitrogens with zero attached hydrogens (tertiary/aromatic N) is 1. The average molecular weight is 180 g/mol. The molecule has 1 atom stereocenters. The number of rotatable bonds is 1. The Morgan fingerprint density at radius 3 is 2.92 bits per heavy atom. The van der Waals surface area contributed by atoms with E-state index < -0.39 is 5.95 Å². The van der Waals surface area contributed by atoms with Crippen LogP contribution in [0.1, 0.15) is 17.9 Å². The van der Waals surface area contributed by atoms with Gasteiger partial charge >= 0.3 is 0 Å². The van der Waals surface area contributed by atoms with Crippen molar-refractivity contribution < 1.29 is 9.18 Å². The van der Waals surface area contributed by atoms with Gasteiger partial charge in [-0.15, -0.1) is 0 Å². The van der Waals surface area contributed by atoms with Crippen LogP contribution < -0.4 is 5.32 Å². The number of amides is 1. The second-order valence-corrected chi connectivity index (χ2v) is 3.12. The molecule has 0 aromatic carbocycles. The molecule has 1 aromatic heterocycles. The Bertz CT molecular complexity index is 323. The highest BCUT2D eigenvalue weighted by molar-refractivity contribution is 5.79. The van der Waals surface area contributed by atoms with E-state index in [-0.39, 0.29) is 11.8 Å². The number of carbonyl (C=O) groups excluding carboxylic acids is 1. The number of carbonyl (C=O) groups is 1. The highest BCUT2D eigenvalue weighted by atomic mass is 19.1. The van der Waals surface area contributed by atoms with Gasteiger partial charge in [0.2, 0.25) is 11.9 Å². The first kappa shape index (κ1) is 8.16. The first-order valence-electron chi connectivity index (χ1n) is 4.14. The normalized spacial score (nSPS) is 21.6. The van der Waals surface area contributed by atoms with Crippen LogP contribution in [0, 0.1) is 5.95 Å². The second-order valence-electron chi connectivity index (χ2n) is 3.12. The summed E-state index contributed by atoms with van der Waals surface area (Å²) in [5.41, 5.74) is 0.916. The van der Waals surface area contributed by atoms with Crippen molar-refractivity contribution in [2.45, 2.75) is 12.3 Å². The molecular weight excluding hydrogens is 171 g/mol. The third kappa shape index (κ3) is 1.66. The summed E-state index contributed by atoms with van der Waals surface area (Å²) in [6.45, 7) is 0.631. The predicted molar refractivity (Wildman–Crippen MR) is 44.6 cm³/mol. The van der Waals surface area contributed by atoms with Crippen molar-refractivity contribution >= 4 is 5.91 Å². The van der Waals surface area contributed by atoms with Crippen molar-refractivity contribution in [1.82, 2.24) is 10.3 Å². The number of hydrogen-bond donors (Lipinski definition) is 1. The van der Waals surface area contributed by atoms with E-state index in [1.807, 2.05) is 0 Å². The SMILES string of the molecule is O=C1C[C@H](c2ccc(F)nc2)CN1. The lowest BCUT2D eigenvalue weighted by molar-refractivity contribution is -0.119. The van der Waals surface area contributed by atoms with Gasteiger partial charge in [0.15, 0.2) is 0 Å². The summed E-state index contributed by atoms with van der Waals surface area (Å²) < 4.78 is 12.5. The summed E-state index contributed by atoms with van der Waals surface area (Å²) in [6, 6.07) is 2.99. The van der Waals surface area contributed by atoms with Crippen LogP contribution in [0.4, 0.5) is 4.39 Å². The fourth-order valence-corrected chi connectivity index (χ4v) is 1.47. The van der Waals surface area contributed by atoms with Gasteiger partial charge in [-0.2, -0.15) is 4.39 Å². The number of halogens is 1. The van der Waals surface area contributed by atoms with Gasteiger partial charge < -0.3 is 5.32 Å². The van der Waals surface area contributed by atoms with Gasteiger partial charge in [0.05, 0.1) is 0 Å². The maximum Gasteiger partial charge on any atom is 0.220 e. The summed E-state index contributed by atoms with van der Waals surface area (Å²) in [7, 11) is 0. The zero-order chi connectivity index (χ0) is 9.26. The van der Waals surface area contributed by atoms with E-state index in [0.29, 0.717) is 13.0 Å². The van der Waals surface area contributed by atoms with E-state index in [2.05, 4.69) is 10.3 Å². The van der Waals surface area contributed by atoms with Crippen LogP contribution in [0.5, 0.6) is 0 Å². The highest BCUT2D eigenvalue weighted by Gasteiger charge is 2.22. The van der Waals surface area contributed by atoms with Gasteiger partial charge in [0, 0.05) is 25.1 Å². The van der Waals surface area contributed by atoms with Gasteiger partial charge in [0.1, 0.15) is 0 Å². The maximum atomic E-state index is 12.5. The van der Waals surface area contributed by atoms with E-state index in [9.17, 15) is 9.18 Å². The molecule has 1 aromatic rings. The van der Waals surface area contributed by atoms with Crippen LogP contribution in [0.2, 0.25) is 0 Å². The number of pyridine rings is 1. The quantitative estimate of drug-likeness (QED) is 0.650. The molecule has 68 valence electrons. The van der Waals surface area contributed by atoms with Crippen molar-refractivity contribution in [2.75, 3.05) is 6.54 Å². The molecule has 4 heteroatoms. The zero-order valence-electron chi connectivity index (χ0n) is 6.96. The fourth-order valence-electron chi connectivity index (χ4n) is 1.47. The lowest BCUT2D eigenvalue weighted by Crippen LogP contribution is -2.13. The highest BCUT2D eigenvalue weighted by Crippen LogP contribution is 2.21. The molecule has 3 nitrogen and oxygen atoms in total. The molecule has 1 fully saturated rings. The molecule has 1 amide bonds. The van der Waals surface area contributed by atoms with E-state index >= 15 is 0 Å². The fraction of sp³-hybridized carbons (Fsp3) is 0.333. The second kappa shape index (κ2) is 3.12. The molecule has 0 radical (unpaired) electrons. The Morgan fingerprint density at radius 1 is 1.54 bits per heavy atom. The summed E-state index contributed by atoms with van der Waals surface area (Å²) in [5.74, 6) is -0.282. The molecule has 2 rings (SSSR count). The molecule has 0 unspecified atom stereocenters. The van der Waals surface area contributed by atoms with Gasteiger partial charge in [-0.25, -0.2) is 4.98 Å². The van der Waals surface area contributed by atoms with Crippen molar-refractivity contribution in [3.05, 3.63) is 29.8 Å². The summed E-state index contributed by atoms with van der Waals surface area (Å²) in [6.07, 6.45) is 1.97. The smallest absolute Gasteiger partial charge is 0.220 e. The molecule has 0 aliphatic carbocycles. The summed E-state index contributed by atoms with van der Waals surface area (Å²) in [5, 5.41) is 2.72. The molecule has 0 spiro atoms. The summed E-state index contributed by atoms with van der Waals surface area (Å²) >= 11 is 0. The standard InChI is InChI=1S/C9H9FN2O/c10-8-2-1-6(4-11-8)7-3-9(13)12-5-7/h1-2,4,7H,3,5H2,(H,12,13)/t7-/m0/s1. The van der Waals surface area contributed by atoms with Crippen LogP contribution in [0.15, 0.2) is 18.3 Å². The molecule has 2 heterocycles. The minimum Gasteiger partial charge on any atom is -0.355 e. The van der Waals surface area contributed by atoms with Crippen LogP contribution in [-0.4, -0.2) is 17.4 Å². The maximum absolute atomic E-state index is 12.5. The molecule has 1 aliphatic heterocycles. The minimum absolute atomic E-state index is 0.0503. The van der Waals surface area contributed by atoms with Crippen molar-refractivity contribution in [3.8, 4) is 0 Å². The number of aromatic nitrogens is 1. The van der Waals surface area contributed by atoms with Gasteiger partial charge in [0.25, 0.3) is 0 Å². The van der Waals surface area contributed by atoms with Gasteiger partial charge in [-0.3, -0.25) is 4.79 Å². The monoisotopic (exact) mass is 180 g/mol. The lowest BCUT2D eigenvalue weighted by atomic mass is 10.0. The molecule has 1 N–H and O–H groups in total. The average Bonchev–Trinajstić information content (AvgIpc) is 2.53. The molecule has 0 saturated carbocycles. The van der Waals surface area contributed by atoms with E-state index in [1.165, 1.54) is 12.3 Å². The lowest BCUT2D eigenvalue weighted by Gasteiger charge is -2.05. The minimum atomic E-state index is -0.485. The Labute approximate surface area is 75.0 Å². The molecule has 1 aliphatic rings. The van der Waals surface area contributed by atoms with Crippen molar-refractivity contribution in [2.24, 2.45) is 0 Å². The summed E-state index contributed by atoms with van der Waals surface area (Å²) in [4.78, 5) is 14.4. The Kier molecular flexibility index (Phi) is 1.96. The van der Waals surface area contributed by atoms with Gasteiger partial charge in [-0.1, -0.05) is 6.07 Å². The largest absolute Gasteiger partial charge is 0.355 e. The Hall–Kier alpha value is -1.45. The van der Waals surface area contributed by atoms with Crippen LogP contribution >= 0.6 is 0 Å². The first-order chi connectivity index (χ1) is 6.25. The van der Waals surface area contributed by atoms with Crippen LogP contribution in [-0.2, 0) is 4.79 Å². The Morgan fingerprint density at radius 2 is 2.38 bits per heavy atom. The van der Waals surface area contributed by atoms with Crippen molar-refractivity contribution in [3.63, 3.8) is 0 Å². The number of hydrogen-bond acceptors (Lipinski definition) is 2.